The zero-order valence-corrected chi connectivity index (χ0v) is 11.3. The molecule has 0 radical (unpaired) electrons. The minimum atomic E-state index is -1.32. The molecule has 1 amide bonds. The zero-order chi connectivity index (χ0) is 14.4. The first-order valence-corrected chi connectivity index (χ1v) is 6.85. The summed E-state index contributed by atoms with van der Waals surface area (Å²) in [6, 6.07) is 9.39. The van der Waals surface area contributed by atoms with Crippen LogP contribution in [0.3, 0.4) is 0 Å². The average molecular weight is 277 g/mol. The van der Waals surface area contributed by atoms with E-state index in [1.54, 1.807) is 0 Å². The number of hydroxylamine groups is 1. The van der Waals surface area contributed by atoms with Gasteiger partial charge in [0.25, 0.3) is 5.91 Å². The van der Waals surface area contributed by atoms with E-state index in [0.717, 1.165) is 24.8 Å². The molecule has 0 bridgehead atoms. The van der Waals surface area contributed by atoms with Crippen molar-refractivity contribution in [2.24, 2.45) is 5.41 Å². The Morgan fingerprint density at radius 1 is 1.15 bits per heavy atom. The number of hydrogen-bond donors (Lipinski definition) is 2. The summed E-state index contributed by atoms with van der Waals surface area (Å²) in [7, 11) is 0. The number of carboxylic acid groups (broad SMARTS) is 1. The van der Waals surface area contributed by atoms with Crippen LogP contribution in [0.15, 0.2) is 30.3 Å². The minimum absolute atomic E-state index is 0.224. The van der Waals surface area contributed by atoms with Crippen molar-refractivity contribution in [3.05, 3.63) is 35.9 Å². The summed E-state index contributed by atoms with van der Waals surface area (Å²) in [6.07, 6.45) is 3.26. The van der Waals surface area contributed by atoms with Gasteiger partial charge in [-0.2, -0.15) is 0 Å². The van der Waals surface area contributed by atoms with Gasteiger partial charge in [0, 0.05) is 0 Å². The van der Waals surface area contributed by atoms with E-state index >= 15 is 0 Å². The molecule has 108 valence electrons. The summed E-state index contributed by atoms with van der Waals surface area (Å²) in [5.74, 6) is -1.60. The second kappa shape index (κ2) is 6.52. The van der Waals surface area contributed by atoms with Gasteiger partial charge < -0.3 is 5.11 Å². The molecule has 1 aliphatic carbocycles. The Morgan fingerprint density at radius 3 is 2.40 bits per heavy atom. The van der Waals surface area contributed by atoms with E-state index in [-0.39, 0.29) is 6.61 Å². The van der Waals surface area contributed by atoms with Crippen molar-refractivity contribution in [2.75, 3.05) is 0 Å². The largest absolute Gasteiger partial charge is 0.480 e. The molecule has 20 heavy (non-hydrogen) atoms. The van der Waals surface area contributed by atoms with E-state index in [1.165, 1.54) is 0 Å². The Balaban J connectivity index is 1.91. The highest BCUT2D eigenvalue weighted by molar-refractivity contribution is 6.01. The van der Waals surface area contributed by atoms with Gasteiger partial charge in [0.15, 0.2) is 0 Å². The summed E-state index contributed by atoms with van der Waals surface area (Å²) in [5, 5.41) is 9.36. The fourth-order valence-corrected chi connectivity index (χ4v) is 2.55. The number of carboxylic acids is 1. The highest BCUT2D eigenvalue weighted by Crippen LogP contribution is 2.36. The first kappa shape index (κ1) is 14.5. The first-order valence-electron chi connectivity index (χ1n) is 6.85. The topological polar surface area (TPSA) is 75.6 Å². The SMILES string of the molecule is O=C(O)C1(C(=O)NOCc2ccccc2)CCCCC1. The fraction of sp³-hybridized carbons (Fsp3) is 0.467. The molecule has 2 N–H and O–H groups in total. The van der Waals surface area contributed by atoms with E-state index in [0.29, 0.717) is 12.8 Å². The highest BCUT2D eigenvalue weighted by atomic mass is 16.7. The van der Waals surface area contributed by atoms with Gasteiger partial charge in [0.1, 0.15) is 5.41 Å². The van der Waals surface area contributed by atoms with Crippen LogP contribution in [0.2, 0.25) is 0 Å². The Bertz CT molecular complexity index is 466. The fourth-order valence-electron chi connectivity index (χ4n) is 2.55. The molecule has 0 saturated heterocycles. The summed E-state index contributed by atoms with van der Waals surface area (Å²) in [6.45, 7) is 0.224. The van der Waals surface area contributed by atoms with Crippen LogP contribution in [0.1, 0.15) is 37.7 Å². The van der Waals surface area contributed by atoms with Crippen molar-refractivity contribution in [1.82, 2.24) is 5.48 Å². The molecule has 1 aromatic rings. The lowest BCUT2D eigenvalue weighted by atomic mass is 9.73. The quantitative estimate of drug-likeness (QED) is 0.639. The predicted molar refractivity (Wildman–Crippen MR) is 72.5 cm³/mol. The molecule has 5 heteroatoms. The molecule has 0 aliphatic heterocycles. The number of benzene rings is 1. The molecule has 0 atom stereocenters. The van der Waals surface area contributed by atoms with Crippen LogP contribution >= 0.6 is 0 Å². The molecule has 1 saturated carbocycles. The molecule has 5 nitrogen and oxygen atoms in total. The van der Waals surface area contributed by atoms with Crippen molar-refractivity contribution < 1.29 is 19.5 Å². The van der Waals surface area contributed by atoms with Gasteiger partial charge in [-0.25, -0.2) is 5.48 Å². The third kappa shape index (κ3) is 3.17. The van der Waals surface area contributed by atoms with E-state index in [1.807, 2.05) is 30.3 Å². The van der Waals surface area contributed by atoms with Gasteiger partial charge in [0.05, 0.1) is 6.61 Å². The van der Waals surface area contributed by atoms with Crippen LogP contribution in [0, 0.1) is 5.41 Å². The summed E-state index contributed by atoms with van der Waals surface area (Å²) in [4.78, 5) is 28.7. The first-order chi connectivity index (χ1) is 9.65. The molecule has 1 aromatic carbocycles. The van der Waals surface area contributed by atoms with Gasteiger partial charge in [-0.15, -0.1) is 0 Å². The lowest BCUT2D eigenvalue weighted by molar-refractivity contribution is -0.164. The van der Waals surface area contributed by atoms with E-state index < -0.39 is 17.3 Å². The summed E-state index contributed by atoms with van der Waals surface area (Å²) < 4.78 is 0. The van der Waals surface area contributed by atoms with Gasteiger partial charge in [-0.05, 0) is 18.4 Å². The van der Waals surface area contributed by atoms with Crippen LogP contribution in [-0.4, -0.2) is 17.0 Å². The van der Waals surface area contributed by atoms with E-state index in [9.17, 15) is 14.7 Å². The third-order valence-corrected chi connectivity index (χ3v) is 3.80. The van der Waals surface area contributed by atoms with Crippen LogP contribution in [0.5, 0.6) is 0 Å². The third-order valence-electron chi connectivity index (χ3n) is 3.80. The van der Waals surface area contributed by atoms with E-state index in [4.69, 9.17) is 4.84 Å². The maximum atomic E-state index is 12.1. The van der Waals surface area contributed by atoms with Crippen LogP contribution < -0.4 is 5.48 Å². The maximum absolute atomic E-state index is 12.1. The molecular weight excluding hydrogens is 258 g/mol. The number of aliphatic carboxylic acids is 1. The lowest BCUT2D eigenvalue weighted by Gasteiger charge is -2.31. The highest BCUT2D eigenvalue weighted by Gasteiger charge is 2.46. The standard InChI is InChI=1S/C15H19NO4/c17-13(15(14(18)19)9-5-2-6-10-15)16-20-11-12-7-3-1-4-8-12/h1,3-4,7-8H,2,5-6,9-11H2,(H,16,17)(H,18,19). The summed E-state index contributed by atoms with van der Waals surface area (Å²) >= 11 is 0. The molecular formula is C15H19NO4. The molecule has 1 fully saturated rings. The number of amides is 1. The van der Waals surface area contributed by atoms with Crippen LogP contribution in [-0.2, 0) is 21.0 Å². The van der Waals surface area contributed by atoms with E-state index in [2.05, 4.69) is 5.48 Å². The van der Waals surface area contributed by atoms with Gasteiger partial charge in [0.2, 0.25) is 0 Å². The number of hydrogen-bond acceptors (Lipinski definition) is 3. The van der Waals surface area contributed by atoms with Gasteiger partial charge >= 0.3 is 5.97 Å². The Labute approximate surface area is 117 Å². The van der Waals surface area contributed by atoms with Crippen LogP contribution in [0.25, 0.3) is 0 Å². The molecule has 1 aliphatic rings. The molecule has 0 aromatic heterocycles. The van der Waals surface area contributed by atoms with Crippen molar-refractivity contribution in [3.8, 4) is 0 Å². The Kier molecular flexibility index (Phi) is 4.74. The number of carbonyl (C=O) groups is 2. The van der Waals surface area contributed by atoms with Crippen molar-refractivity contribution in [1.29, 1.82) is 0 Å². The number of rotatable bonds is 5. The minimum Gasteiger partial charge on any atom is -0.480 e. The molecule has 0 unspecified atom stereocenters. The molecule has 0 spiro atoms. The monoisotopic (exact) mass is 277 g/mol. The predicted octanol–water partition coefficient (Wildman–Crippen LogP) is 2.27. The maximum Gasteiger partial charge on any atom is 0.319 e. The Morgan fingerprint density at radius 2 is 1.80 bits per heavy atom. The molecule has 2 rings (SSSR count). The smallest absolute Gasteiger partial charge is 0.319 e. The number of carbonyl (C=O) groups excluding carboxylic acids is 1. The normalized spacial score (nSPS) is 17.4. The van der Waals surface area contributed by atoms with Crippen molar-refractivity contribution in [3.63, 3.8) is 0 Å². The molecule has 0 heterocycles. The Hall–Kier alpha value is -1.88. The average Bonchev–Trinajstić information content (AvgIpc) is 2.48. The number of nitrogens with one attached hydrogen (secondary N) is 1. The lowest BCUT2D eigenvalue weighted by Crippen LogP contribution is -2.47. The van der Waals surface area contributed by atoms with Gasteiger partial charge in [-0.3, -0.25) is 14.4 Å². The second-order valence-corrected chi connectivity index (χ2v) is 5.15. The van der Waals surface area contributed by atoms with Crippen molar-refractivity contribution >= 4 is 11.9 Å². The zero-order valence-electron chi connectivity index (χ0n) is 11.3. The second-order valence-electron chi connectivity index (χ2n) is 5.15. The van der Waals surface area contributed by atoms with Gasteiger partial charge in [-0.1, -0.05) is 49.6 Å². The van der Waals surface area contributed by atoms with Crippen molar-refractivity contribution in [2.45, 2.75) is 38.7 Å². The van der Waals surface area contributed by atoms with Crippen LogP contribution in [0.4, 0.5) is 0 Å². The summed E-state index contributed by atoms with van der Waals surface area (Å²) in [5.41, 5.74) is 1.90.